The third kappa shape index (κ3) is 3.24. The highest BCUT2D eigenvalue weighted by Gasteiger charge is 2.37. The van der Waals surface area contributed by atoms with E-state index in [1.54, 1.807) is 0 Å². The van der Waals surface area contributed by atoms with Crippen molar-refractivity contribution in [2.45, 2.75) is 5.78 Å². The highest BCUT2D eigenvalue weighted by Crippen LogP contribution is 2.55. The molecule has 0 radical (unpaired) electrons. The van der Waals surface area contributed by atoms with E-state index in [-0.39, 0.29) is 16.3 Å². The second kappa shape index (κ2) is 5.16. The van der Waals surface area contributed by atoms with E-state index in [1.165, 1.54) is 0 Å². The molecule has 2 aromatic heterocycles. The van der Waals surface area contributed by atoms with Crippen LogP contribution in [0.3, 0.4) is 0 Å². The molecule has 0 aliphatic rings. The highest BCUT2D eigenvalue weighted by atomic mass is 35.5. The fourth-order valence-corrected chi connectivity index (χ4v) is 4.45. The normalized spacial score (nSPS) is 14.7. The van der Waals surface area contributed by atoms with Crippen molar-refractivity contribution in [2.75, 3.05) is 6.16 Å². The number of fused-ring (bicyclic) bond motifs is 1. The monoisotopic (exact) mass is 342 g/mol. The molecule has 10 nitrogen and oxygen atoms in total. The molecule has 0 aromatic carbocycles. The Labute approximate surface area is 116 Å². The lowest BCUT2D eigenvalue weighted by Gasteiger charge is -2.20. The van der Waals surface area contributed by atoms with E-state index in [9.17, 15) is 18.9 Å². The number of nitrogens with zero attached hydrogens (tertiary/aromatic N) is 4. The molecule has 2 rings (SSSR count). The number of halogens is 1. The maximum atomic E-state index is 11.5. The number of rotatable bonds is 4. The van der Waals surface area contributed by atoms with Crippen LogP contribution in [0.4, 0.5) is 0 Å². The summed E-state index contributed by atoms with van der Waals surface area (Å²) in [5.74, 6) is -1.81. The van der Waals surface area contributed by atoms with Crippen LogP contribution in [0.2, 0.25) is 5.15 Å². The van der Waals surface area contributed by atoms with Gasteiger partial charge in [0.25, 0.3) is 0 Å². The first kappa shape index (κ1) is 15.5. The first-order valence-corrected chi connectivity index (χ1v) is 8.88. The Morgan fingerprint density at radius 2 is 1.85 bits per heavy atom. The van der Waals surface area contributed by atoms with Gasteiger partial charge in [-0.15, -0.1) is 0 Å². The van der Waals surface area contributed by atoms with Gasteiger partial charge in [0.15, 0.2) is 10.8 Å². The lowest BCUT2D eigenvalue weighted by Crippen LogP contribution is -2.14. The Bertz CT molecular complexity index is 738. The Morgan fingerprint density at radius 3 is 2.40 bits per heavy atom. The van der Waals surface area contributed by atoms with Crippen molar-refractivity contribution in [3.05, 3.63) is 17.8 Å². The molecule has 0 saturated heterocycles. The molecule has 13 heteroatoms. The molecule has 2 aromatic rings. The van der Waals surface area contributed by atoms with Gasteiger partial charge in [-0.3, -0.25) is 9.13 Å². The Balaban J connectivity index is 2.64. The van der Waals surface area contributed by atoms with Gasteiger partial charge in [0.05, 0.1) is 12.5 Å². The predicted octanol–water partition coefficient (Wildman–Crippen LogP) is 0.334. The molecule has 20 heavy (non-hydrogen) atoms. The fraction of sp³-hybridized carbons (Fsp3) is 0.286. The molecule has 0 spiro atoms. The second-order valence-corrected chi connectivity index (χ2v) is 7.73. The predicted molar refractivity (Wildman–Crippen MR) is 68.3 cm³/mol. The van der Waals surface area contributed by atoms with Crippen LogP contribution in [0.5, 0.6) is 0 Å². The summed E-state index contributed by atoms with van der Waals surface area (Å²) in [5, 5.41) is -0.128. The standard InChI is InChI=1S/C7H9ClN4O6P2/c8-6-5-7(10-2-9-6)11-3-12(5)4(20(16,17)18)1-19(13,14)15/h2-4H,1H2,(H2,13,14,15)(H2,16,17,18). The third-order valence-corrected chi connectivity index (χ3v) is 5.03. The molecule has 0 bridgehead atoms. The van der Waals surface area contributed by atoms with Crippen molar-refractivity contribution >= 4 is 38.0 Å². The summed E-state index contributed by atoms with van der Waals surface area (Å²) in [5.41, 5.74) is 0.0603. The van der Waals surface area contributed by atoms with E-state index in [1.807, 2.05) is 0 Å². The van der Waals surface area contributed by atoms with Crippen molar-refractivity contribution in [1.29, 1.82) is 0 Å². The van der Waals surface area contributed by atoms with Gasteiger partial charge in [-0.05, 0) is 0 Å². The van der Waals surface area contributed by atoms with Gasteiger partial charge in [0.1, 0.15) is 17.6 Å². The molecule has 4 N–H and O–H groups in total. The first-order valence-electron chi connectivity index (χ1n) is 5.02. The molecular weight excluding hydrogens is 334 g/mol. The van der Waals surface area contributed by atoms with Gasteiger partial charge in [-0.2, -0.15) is 0 Å². The van der Waals surface area contributed by atoms with Crippen LogP contribution in [0.15, 0.2) is 12.7 Å². The number of hydrogen-bond acceptors (Lipinski definition) is 5. The van der Waals surface area contributed by atoms with Crippen LogP contribution in [0.1, 0.15) is 5.78 Å². The molecule has 0 amide bonds. The zero-order valence-electron chi connectivity index (χ0n) is 9.61. The summed E-state index contributed by atoms with van der Waals surface area (Å²) in [6.07, 6.45) is 1.05. The van der Waals surface area contributed by atoms with Gasteiger partial charge in [0.2, 0.25) is 0 Å². The maximum Gasteiger partial charge on any atom is 0.348 e. The van der Waals surface area contributed by atoms with Crippen LogP contribution >= 0.6 is 26.8 Å². The summed E-state index contributed by atoms with van der Waals surface area (Å²) in [6, 6.07) is 0. The van der Waals surface area contributed by atoms with Gasteiger partial charge in [-0.25, -0.2) is 15.0 Å². The molecule has 2 heterocycles. The summed E-state index contributed by atoms with van der Waals surface area (Å²) < 4.78 is 23.4. The quantitative estimate of drug-likeness (QED) is 0.453. The van der Waals surface area contributed by atoms with Crippen LogP contribution in [0.25, 0.3) is 11.2 Å². The van der Waals surface area contributed by atoms with Gasteiger partial charge < -0.3 is 24.1 Å². The third-order valence-electron chi connectivity index (χ3n) is 2.43. The van der Waals surface area contributed by atoms with E-state index in [4.69, 9.17) is 21.4 Å². The van der Waals surface area contributed by atoms with Gasteiger partial charge in [0, 0.05) is 0 Å². The SMILES string of the molecule is O=P(O)(O)CC(n1cnc2ncnc(Cl)c21)P(=O)(O)O. The molecule has 0 saturated carbocycles. The molecule has 110 valence electrons. The largest absolute Gasteiger partial charge is 0.348 e. The lowest BCUT2D eigenvalue weighted by molar-refractivity contribution is 0.332. The summed E-state index contributed by atoms with van der Waals surface area (Å²) in [7, 11) is -9.55. The van der Waals surface area contributed by atoms with Crippen molar-refractivity contribution in [2.24, 2.45) is 0 Å². The van der Waals surface area contributed by atoms with E-state index >= 15 is 0 Å². The van der Waals surface area contributed by atoms with E-state index in [2.05, 4.69) is 15.0 Å². The van der Waals surface area contributed by atoms with Crippen LogP contribution in [-0.4, -0.2) is 45.3 Å². The molecule has 0 fully saturated rings. The zero-order chi connectivity index (χ0) is 15.1. The van der Waals surface area contributed by atoms with Crippen molar-refractivity contribution < 1.29 is 28.7 Å². The second-order valence-electron chi connectivity index (χ2n) is 3.91. The molecule has 1 atom stereocenters. The molecule has 0 aliphatic heterocycles. The number of hydrogen-bond donors (Lipinski definition) is 4. The zero-order valence-corrected chi connectivity index (χ0v) is 12.2. The fourth-order valence-electron chi connectivity index (χ4n) is 1.63. The van der Waals surface area contributed by atoms with Crippen LogP contribution < -0.4 is 0 Å². The van der Waals surface area contributed by atoms with Crippen molar-refractivity contribution in [3.8, 4) is 0 Å². The Kier molecular flexibility index (Phi) is 4.01. The average molecular weight is 343 g/mol. The minimum atomic E-state index is -4.87. The summed E-state index contributed by atoms with van der Waals surface area (Å²) in [6.45, 7) is 0. The minimum Gasteiger partial charge on any atom is -0.324 e. The molecular formula is C7H9ClN4O6P2. The van der Waals surface area contributed by atoms with Crippen molar-refractivity contribution in [1.82, 2.24) is 19.5 Å². The van der Waals surface area contributed by atoms with Gasteiger partial charge in [-0.1, -0.05) is 11.6 Å². The first-order chi connectivity index (χ1) is 9.09. The Morgan fingerprint density at radius 1 is 1.20 bits per heavy atom. The molecule has 0 aliphatic carbocycles. The van der Waals surface area contributed by atoms with E-state index in [0.717, 1.165) is 17.2 Å². The Hall–Kier alpha value is -0.860. The smallest absolute Gasteiger partial charge is 0.324 e. The van der Waals surface area contributed by atoms with Crippen molar-refractivity contribution in [3.63, 3.8) is 0 Å². The van der Waals surface area contributed by atoms with E-state index < -0.39 is 27.1 Å². The minimum absolute atomic E-state index is 0.00376. The summed E-state index contributed by atoms with van der Waals surface area (Å²) >= 11 is 5.81. The number of aromatic nitrogens is 4. The maximum absolute atomic E-state index is 11.5. The highest BCUT2D eigenvalue weighted by molar-refractivity contribution is 7.56. The topological polar surface area (TPSA) is 159 Å². The van der Waals surface area contributed by atoms with E-state index in [0.29, 0.717) is 0 Å². The lowest BCUT2D eigenvalue weighted by atomic mass is 10.5. The average Bonchev–Trinajstić information content (AvgIpc) is 2.68. The summed E-state index contributed by atoms with van der Waals surface area (Å²) in [4.78, 5) is 47.7. The number of imidazole rings is 1. The molecule has 1 unspecified atom stereocenters. The van der Waals surface area contributed by atoms with Crippen LogP contribution in [-0.2, 0) is 9.13 Å². The van der Waals surface area contributed by atoms with Gasteiger partial charge >= 0.3 is 15.2 Å². The van der Waals surface area contributed by atoms with Crippen LogP contribution in [0, 0.1) is 0 Å².